The molecule has 2 fully saturated rings. The highest BCUT2D eigenvalue weighted by atomic mass is 19.1. The smallest absolute Gasteiger partial charge is 0.195 e. The lowest BCUT2D eigenvalue weighted by molar-refractivity contribution is 0.290. The fraction of sp³-hybridized carbons (Fsp3) is 0.519. The van der Waals surface area contributed by atoms with E-state index in [0.29, 0.717) is 23.7 Å². The molecule has 154 valence electrons. The molecular formula is C27H34FN. The van der Waals surface area contributed by atoms with E-state index in [2.05, 4.69) is 43.8 Å². The standard InChI is InChI=1S/C27H34FN/c1-3-21-7-13-25(14-8-21)26-17-15-24(16-18-26)20(2)23-11-9-22(10-12-23)5-4-6-27(28)19-29/h4-8,13-14,22-24,26H,2-3,9-12,15-18H2,1H3/b5-4+,27-6-/t22-,23-,24-,26-. The van der Waals surface area contributed by atoms with Crippen molar-refractivity contribution < 1.29 is 4.39 Å². The summed E-state index contributed by atoms with van der Waals surface area (Å²) in [4.78, 5) is 0. The van der Waals surface area contributed by atoms with E-state index in [4.69, 9.17) is 5.26 Å². The summed E-state index contributed by atoms with van der Waals surface area (Å²) in [6.07, 6.45) is 15.9. The molecule has 2 heteroatoms. The summed E-state index contributed by atoms with van der Waals surface area (Å²) in [5.41, 5.74) is 4.43. The van der Waals surface area contributed by atoms with Crippen LogP contribution in [0.25, 0.3) is 0 Å². The molecule has 0 radical (unpaired) electrons. The van der Waals surface area contributed by atoms with Crippen molar-refractivity contribution in [1.29, 1.82) is 5.26 Å². The average molecular weight is 392 g/mol. The summed E-state index contributed by atoms with van der Waals surface area (Å²) in [6.45, 7) is 6.74. The van der Waals surface area contributed by atoms with Crippen LogP contribution < -0.4 is 0 Å². The average Bonchev–Trinajstić information content (AvgIpc) is 2.79. The Balaban J connectivity index is 1.44. The van der Waals surface area contributed by atoms with Crippen molar-refractivity contribution in [3.05, 3.63) is 71.6 Å². The first kappa shape index (κ1) is 21.6. The molecule has 1 aromatic rings. The van der Waals surface area contributed by atoms with Gasteiger partial charge in [0.25, 0.3) is 0 Å². The van der Waals surface area contributed by atoms with Crippen molar-refractivity contribution in [3.63, 3.8) is 0 Å². The summed E-state index contributed by atoms with van der Waals surface area (Å²) < 4.78 is 12.9. The van der Waals surface area contributed by atoms with Crippen molar-refractivity contribution >= 4 is 0 Å². The SMILES string of the molecule is C=C([C@H]1CC[C@H](/C=C/C=C(\F)C#N)CC1)[C@H]1CC[C@H](c2ccc(CC)cc2)CC1. The molecule has 2 saturated carbocycles. The molecule has 0 unspecified atom stereocenters. The zero-order valence-corrected chi connectivity index (χ0v) is 17.7. The van der Waals surface area contributed by atoms with Gasteiger partial charge in [-0.2, -0.15) is 9.65 Å². The fourth-order valence-corrected chi connectivity index (χ4v) is 5.17. The number of hydrogen-bond acceptors (Lipinski definition) is 1. The number of hydrogen-bond donors (Lipinski definition) is 0. The lowest BCUT2D eigenvalue weighted by Crippen LogP contribution is -2.22. The van der Waals surface area contributed by atoms with E-state index in [1.165, 1.54) is 67.4 Å². The van der Waals surface area contributed by atoms with E-state index in [1.807, 2.05) is 0 Å². The van der Waals surface area contributed by atoms with Crippen molar-refractivity contribution in [1.82, 2.24) is 0 Å². The molecule has 2 aliphatic rings. The van der Waals surface area contributed by atoms with Crippen LogP contribution in [0.2, 0.25) is 0 Å². The van der Waals surface area contributed by atoms with Crippen LogP contribution in [-0.4, -0.2) is 0 Å². The van der Waals surface area contributed by atoms with E-state index in [-0.39, 0.29) is 0 Å². The van der Waals surface area contributed by atoms with Gasteiger partial charge in [0.05, 0.1) is 0 Å². The first-order valence-corrected chi connectivity index (χ1v) is 11.3. The second-order valence-electron chi connectivity index (χ2n) is 8.84. The summed E-state index contributed by atoms with van der Waals surface area (Å²) >= 11 is 0. The Morgan fingerprint density at radius 3 is 2.17 bits per heavy atom. The monoisotopic (exact) mass is 391 g/mol. The van der Waals surface area contributed by atoms with Crippen molar-refractivity contribution in [2.45, 2.75) is 70.6 Å². The zero-order chi connectivity index (χ0) is 20.6. The Hall–Kier alpha value is -2.14. The first-order valence-electron chi connectivity index (χ1n) is 11.3. The largest absolute Gasteiger partial charge is 0.199 e. The minimum atomic E-state index is -0.722. The van der Waals surface area contributed by atoms with Crippen LogP contribution in [0.15, 0.2) is 60.5 Å². The molecule has 1 nitrogen and oxygen atoms in total. The van der Waals surface area contributed by atoms with Crippen LogP contribution in [0.3, 0.4) is 0 Å². The maximum atomic E-state index is 12.9. The maximum absolute atomic E-state index is 12.9. The molecule has 0 aromatic heterocycles. The predicted octanol–water partition coefficient (Wildman–Crippen LogP) is 7.82. The quantitative estimate of drug-likeness (QED) is 0.275. The van der Waals surface area contributed by atoms with Crippen LogP contribution in [-0.2, 0) is 6.42 Å². The normalized spacial score (nSPS) is 28.2. The molecule has 1 aromatic carbocycles. The number of allylic oxidation sites excluding steroid dienone is 5. The van der Waals surface area contributed by atoms with Gasteiger partial charge in [-0.05, 0) is 98.7 Å². The highest BCUT2D eigenvalue weighted by Crippen LogP contribution is 2.43. The third-order valence-electron chi connectivity index (χ3n) is 7.14. The van der Waals surface area contributed by atoms with E-state index in [9.17, 15) is 4.39 Å². The van der Waals surface area contributed by atoms with E-state index >= 15 is 0 Å². The summed E-state index contributed by atoms with van der Waals surface area (Å²) in [6, 6.07) is 10.8. The van der Waals surface area contributed by atoms with Gasteiger partial charge in [0, 0.05) is 0 Å². The van der Waals surface area contributed by atoms with Crippen LogP contribution in [0, 0.1) is 29.1 Å². The molecule has 0 atom stereocenters. The topological polar surface area (TPSA) is 23.8 Å². The third-order valence-corrected chi connectivity index (χ3v) is 7.14. The second kappa shape index (κ2) is 10.6. The molecule has 0 bridgehead atoms. The minimum absolute atomic E-state index is 0.503. The van der Waals surface area contributed by atoms with E-state index in [0.717, 1.165) is 19.3 Å². The Morgan fingerprint density at radius 2 is 1.62 bits per heavy atom. The molecule has 0 N–H and O–H groups in total. The van der Waals surface area contributed by atoms with Crippen LogP contribution in [0.4, 0.5) is 4.39 Å². The molecule has 0 spiro atoms. The minimum Gasteiger partial charge on any atom is -0.195 e. The van der Waals surface area contributed by atoms with Gasteiger partial charge in [-0.25, -0.2) is 0 Å². The number of halogens is 1. The van der Waals surface area contributed by atoms with Gasteiger partial charge in [0.1, 0.15) is 6.07 Å². The lowest BCUT2D eigenvalue weighted by Gasteiger charge is -2.36. The summed E-state index contributed by atoms with van der Waals surface area (Å²) in [5.74, 6) is 1.83. The van der Waals surface area contributed by atoms with Gasteiger partial charge < -0.3 is 0 Å². The number of nitriles is 1. The molecule has 2 aliphatic carbocycles. The van der Waals surface area contributed by atoms with E-state index in [1.54, 1.807) is 6.08 Å². The highest BCUT2D eigenvalue weighted by Gasteiger charge is 2.29. The number of aryl methyl sites for hydroxylation is 1. The molecule has 0 aliphatic heterocycles. The zero-order valence-electron chi connectivity index (χ0n) is 17.7. The van der Waals surface area contributed by atoms with E-state index < -0.39 is 5.83 Å². The summed E-state index contributed by atoms with van der Waals surface area (Å²) in [5, 5.41) is 8.46. The van der Waals surface area contributed by atoms with Gasteiger partial charge in [-0.3, -0.25) is 0 Å². The van der Waals surface area contributed by atoms with Crippen LogP contribution in [0.1, 0.15) is 75.3 Å². The van der Waals surface area contributed by atoms with Gasteiger partial charge in [0.15, 0.2) is 5.83 Å². The second-order valence-corrected chi connectivity index (χ2v) is 8.84. The van der Waals surface area contributed by atoms with Crippen molar-refractivity contribution in [2.75, 3.05) is 0 Å². The molecule has 3 rings (SSSR count). The molecule has 0 heterocycles. The number of nitrogens with zero attached hydrogens (tertiary/aromatic N) is 1. The van der Waals surface area contributed by atoms with Crippen LogP contribution in [0.5, 0.6) is 0 Å². The first-order chi connectivity index (χ1) is 14.1. The molecule has 0 amide bonds. The van der Waals surface area contributed by atoms with Gasteiger partial charge in [-0.1, -0.05) is 55.5 Å². The summed E-state index contributed by atoms with van der Waals surface area (Å²) in [7, 11) is 0. The fourth-order valence-electron chi connectivity index (χ4n) is 5.17. The Kier molecular flexibility index (Phi) is 7.87. The third kappa shape index (κ3) is 5.92. The number of benzene rings is 1. The van der Waals surface area contributed by atoms with Crippen molar-refractivity contribution in [3.8, 4) is 6.07 Å². The van der Waals surface area contributed by atoms with Crippen LogP contribution >= 0.6 is 0 Å². The highest BCUT2D eigenvalue weighted by molar-refractivity contribution is 5.26. The number of rotatable bonds is 6. The Bertz CT molecular complexity index is 764. The van der Waals surface area contributed by atoms with Gasteiger partial charge in [0.2, 0.25) is 0 Å². The van der Waals surface area contributed by atoms with Gasteiger partial charge >= 0.3 is 0 Å². The van der Waals surface area contributed by atoms with Crippen molar-refractivity contribution in [2.24, 2.45) is 17.8 Å². The lowest BCUT2D eigenvalue weighted by atomic mass is 9.70. The molecule has 0 saturated heterocycles. The predicted molar refractivity (Wildman–Crippen MR) is 119 cm³/mol. The Morgan fingerprint density at radius 1 is 1.03 bits per heavy atom. The molecular weight excluding hydrogens is 357 g/mol. The maximum Gasteiger partial charge on any atom is 0.199 e. The van der Waals surface area contributed by atoms with Gasteiger partial charge in [-0.15, -0.1) is 0 Å². The molecule has 29 heavy (non-hydrogen) atoms. The Labute approximate surface area is 176 Å².